The maximum Gasteiger partial charge on any atom is 0.410 e. The van der Waals surface area contributed by atoms with Crippen LogP contribution in [0.4, 0.5) is 9.18 Å². The first kappa shape index (κ1) is 17.9. The largest absolute Gasteiger partial charge is 0.448 e. The van der Waals surface area contributed by atoms with E-state index >= 15 is 0 Å². The molecule has 1 fully saturated rings. The van der Waals surface area contributed by atoms with E-state index in [1.54, 1.807) is 12.1 Å². The number of amides is 1. The van der Waals surface area contributed by atoms with Gasteiger partial charge in [-0.1, -0.05) is 60.7 Å². The first-order valence-corrected chi connectivity index (χ1v) is 9.63. The molecule has 2 aliphatic rings. The summed E-state index contributed by atoms with van der Waals surface area (Å²) in [6.45, 7) is 0.517. The summed E-state index contributed by atoms with van der Waals surface area (Å²) in [4.78, 5) is 14.0. The molecule has 29 heavy (non-hydrogen) atoms. The van der Waals surface area contributed by atoms with Crippen LogP contribution in [0.2, 0.25) is 0 Å². The Morgan fingerprint density at radius 1 is 0.966 bits per heavy atom. The first-order chi connectivity index (χ1) is 14.0. The van der Waals surface area contributed by atoms with Crippen LogP contribution in [0.5, 0.6) is 0 Å². The quantitative estimate of drug-likeness (QED) is 0.728. The van der Waals surface area contributed by atoms with Gasteiger partial charge in [-0.15, -0.1) is 0 Å². The highest BCUT2D eigenvalue weighted by Crippen LogP contribution is 2.44. The number of fused-ring (bicyclic) bond motifs is 3. The van der Waals surface area contributed by atoms with Gasteiger partial charge in [-0.25, -0.2) is 9.18 Å². The molecule has 1 saturated heterocycles. The third-order valence-electron chi connectivity index (χ3n) is 5.88. The fourth-order valence-electron chi connectivity index (χ4n) is 4.34. The maximum absolute atomic E-state index is 13.1. The van der Waals surface area contributed by atoms with Crippen LogP contribution >= 0.6 is 0 Å². The lowest BCUT2D eigenvalue weighted by Gasteiger charge is -2.45. The SMILES string of the molecule is O=C(OCC1c2ccccc2-c2ccccc21)N1CC(O)(c2ccc(F)cc2)C1. The van der Waals surface area contributed by atoms with E-state index < -0.39 is 11.7 Å². The van der Waals surface area contributed by atoms with Crippen LogP contribution in [0.25, 0.3) is 11.1 Å². The Morgan fingerprint density at radius 3 is 2.10 bits per heavy atom. The van der Waals surface area contributed by atoms with Gasteiger partial charge in [0.1, 0.15) is 18.0 Å². The van der Waals surface area contributed by atoms with Crippen molar-refractivity contribution in [3.8, 4) is 11.1 Å². The number of aliphatic hydroxyl groups is 1. The van der Waals surface area contributed by atoms with Crippen LogP contribution in [-0.4, -0.2) is 35.8 Å². The van der Waals surface area contributed by atoms with E-state index in [1.807, 2.05) is 24.3 Å². The van der Waals surface area contributed by atoms with Gasteiger partial charge in [-0.05, 0) is 39.9 Å². The molecule has 3 aromatic carbocycles. The molecule has 5 heteroatoms. The second kappa shape index (κ2) is 6.71. The highest BCUT2D eigenvalue weighted by molar-refractivity contribution is 5.79. The predicted octanol–water partition coefficient (Wildman–Crippen LogP) is 4.28. The minimum Gasteiger partial charge on any atom is -0.448 e. The highest BCUT2D eigenvalue weighted by atomic mass is 19.1. The molecule has 1 aliphatic carbocycles. The molecule has 0 radical (unpaired) electrons. The van der Waals surface area contributed by atoms with Gasteiger partial charge in [0.15, 0.2) is 0 Å². The first-order valence-electron chi connectivity index (χ1n) is 9.63. The average Bonchev–Trinajstić information content (AvgIpc) is 3.04. The molecular weight excluding hydrogens is 369 g/mol. The van der Waals surface area contributed by atoms with Gasteiger partial charge < -0.3 is 14.7 Å². The fourth-order valence-corrected chi connectivity index (χ4v) is 4.34. The smallest absolute Gasteiger partial charge is 0.410 e. The number of hydrogen-bond acceptors (Lipinski definition) is 3. The molecule has 0 spiro atoms. The van der Waals surface area contributed by atoms with Crippen molar-refractivity contribution in [3.63, 3.8) is 0 Å². The van der Waals surface area contributed by atoms with E-state index in [1.165, 1.54) is 28.2 Å². The summed E-state index contributed by atoms with van der Waals surface area (Å²) < 4.78 is 18.7. The third-order valence-corrected chi connectivity index (χ3v) is 5.88. The molecule has 3 aromatic rings. The van der Waals surface area contributed by atoms with Gasteiger partial charge in [0.2, 0.25) is 0 Å². The van der Waals surface area contributed by atoms with Crippen molar-refractivity contribution in [2.24, 2.45) is 0 Å². The van der Waals surface area contributed by atoms with Crippen LogP contribution in [0.1, 0.15) is 22.6 Å². The Balaban J connectivity index is 1.26. The number of halogens is 1. The molecule has 1 amide bonds. The zero-order chi connectivity index (χ0) is 20.0. The van der Waals surface area contributed by atoms with Crippen molar-refractivity contribution < 1.29 is 19.0 Å². The molecule has 1 heterocycles. The number of hydrogen-bond donors (Lipinski definition) is 1. The average molecular weight is 389 g/mol. The number of ether oxygens (including phenoxy) is 1. The van der Waals surface area contributed by atoms with Crippen molar-refractivity contribution in [2.75, 3.05) is 19.7 Å². The van der Waals surface area contributed by atoms with Crippen molar-refractivity contribution >= 4 is 6.09 Å². The van der Waals surface area contributed by atoms with E-state index in [0.717, 1.165) is 11.1 Å². The number of β-amino-alcohol motifs (C(OH)–C–C–N with tert-alkyl or cyclic N) is 1. The molecule has 5 rings (SSSR count). The second-order valence-electron chi connectivity index (χ2n) is 7.70. The molecule has 0 unspecified atom stereocenters. The van der Waals surface area contributed by atoms with Gasteiger partial charge in [0, 0.05) is 5.92 Å². The van der Waals surface area contributed by atoms with Gasteiger partial charge in [0.05, 0.1) is 13.1 Å². The van der Waals surface area contributed by atoms with Crippen molar-refractivity contribution in [1.29, 1.82) is 0 Å². The maximum atomic E-state index is 13.1. The molecule has 4 nitrogen and oxygen atoms in total. The standard InChI is InChI=1S/C24H20FNO3/c25-17-11-9-16(10-12-17)24(28)14-26(15-24)23(27)29-13-22-20-7-3-1-5-18(20)19-6-2-4-8-21(19)22/h1-12,22,28H,13-15H2. The monoisotopic (exact) mass is 389 g/mol. The van der Waals surface area contributed by atoms with Gasteiger partial charge in [0.25, 0.3) is 0 Å². The summed E-state index contributed by atoms with van der Waals surface area (Å²) in [5.41, 5.74) is 4.12. The number of likely N-dealkylation sites (tertiary alicyclic amines) is 1. The van der Waals surface area contributed by atoms with E-state index in [4.69, 9.17) is 4.74 Å². The summed E-state index contributed by atoms with van der Waals surface area (Å²) in [7, 11) is 0. The van der Waals surface area contributed by atoms with Crippen molar-refractivity contribution in [2.45, 2.75) is 11.5 Å². The van der Waals surface area contributed by atoms with Gasteiger partial charge >= 0.3 is 6.09 Å². The summed E-state index contributed by atoms with van der Waals surface area (Å²) in [5.74, 6) is -0.353. The summed E-state index contributed by atoms with van der Waals surface area (Å²) in [6.07, 6.45) is -0.446. The number of benzene rings is 3. The van der Waals surface area contributed by atoms with Crippen molar-refractivity contribution in [1.82, 2.24) is 4.90 Å². The Kier molecular flexibility index (Phi) is 4.14. The number of carbonyl (C=O) groups excluding carboxylic acids is 1. The Hall–Kier alpha value is -3.18. The summed E-state index contributed by atoms with van der Waals surface area (Å²) in [6, 6.07) is 22.1. The Bertz CT molecular complexity index is 1030. The molecule has 1 N–H and O–H groups in total. The van der Waals surface area contributed by atoms with Crippen LogP contribution in [0.15, 0.2) is 72.8 Å². The van der Waals surface area contributed by atoms with Crippen LogP contribution < -0.4 is 0 Å². The zero-order valence-electron chi connectivity index (χ0n) is 15.7. The normalized spacial score (nSPS) is 16.7. The van der Waals surface area contributed by atoms with Gasteiger partial charge in [-0.2, -0.15) is 0 Å². The fraction of sp³-hybridized carbons (Fsp3) is 0.208. The second-order valence-corrected chi connectivity index (χ2v) is 7.70. The zero-order valence-corrected chi connectivity index (χ0v) is 15.7. The third kappa shape index (κ3) is 2.98. The minimum absolute atomic E-state index is 0.00334. The molecule has 0 saturated carbocycles. The van der Waals surface area contributed by atoms with E-state index in [9.17, 15) is 14.3 Å². The van der Waals surface area contributed by atoms with Gasteiger partial charge in [-0.3, -0.25) is 0 Å². The molecular formula is C24H20FNO3. The number of carbonyl (C=O) groups is 1. The number of rotatable bonds is 3. The van der Waals surface area contributed by atoms with Crippen LogP contribution in [0, 0.1) is 5.82 Å². The lowest BCUT2D eigenvalue weighted by molar-refractivity contribution is -0.0943. The van der Waals surface area contributed by atoms with E-state index in [0.29, 0.717) is 5.56 Å². The van der Waals surface area contributed by atoms with Crippen molar-refractivity contribution in [3.05, 3.63) is 95.3 Å². The lowest BCUT2D eigenvalue weighted by atomic mass is 9.86. The highest BCUT2D eigenvalue weighted by Gasteiger charge is 2.46. The molecule has 0 aromatic heterocycles. The minimum atomic E-state index is -1.15. The Labute approximate surface area is 168 Å². The molecule has 146 valence electrons. The lowest BCUT2D eigenvalue weighted by Crippen LogP contribution is -2.61. The van der Waals surface area contributed by atoms with E-state index in [-0.39, 0.29) is 31.4 Å². The molecule has 0 bridgehead atoms. The summed E-state index contributed by atoms with van der Waals surface area (Å²) >= 11 is 0. The number of nitrogens with zero attached hydrogens (tertiary/aromatic N) is 1. The summed E-state index contributed by atoms with van der Waals surface area (Å²) in [5, 5.41) is 10.7. The van der Waals surface area contributed by atoms with Crippen LogP contribution in [-0.2, 0) is 10.3 Å². The molecule has 1 aliphatic heterocycles. The van der Waals surface area contributed by atoms with Crippen LogP contribution in [0.3, 0.4) is 0 Å². The van der Waals surface area contributed by atoms with E-state index in [2.05, 4.69) is 24.3 Å². The topological polar surface area (TPSA) is 49.8 Å². The Morgan fingerprint density at radius 2 is 1.52 bits per heavy atom. The predicted molar refractivity (Wildman–Crippen MR) is 107 cm³/mol. The molecule has 0 atom stereocenters.